The van der Waals surface area contributed by atoms with E-state index in [4.69, 9.17) is 0 Å². The van der Waals surface area contributed by atoms with Crippen molar-refractivity contribution in [3.8, 4) is 45.5 Å². The van der Waals surface area contributed by atoms with Crippen LogP contribution in [0.2, 0.25) is 0 Å². The van der Waals surface area contributed by atoms with Crippen molar-refractivity contribution in [3.05, 3.63) is 36.4 Å². The van der Waals surface area contributed by atoms with Crippen LogP contribution in [0.1, 0.15) is 0 Å². The number of phenolic OH excluding ortho intramolecular Hbond substituents is 4. The number of benzene rings is 2. The molecule has 1 aromatic heterocycles. The highest BCUT2D eigenvalue weighted by atomic mass is 16.3. The molecule has 0 fully saturated rings. The molecule has 0 aliphatic heterocycles. The average molecular weight is 285 g/mol. The normalized spacial score (nSPS) is 10.7. The minimum atomic E-state index is -0.589. The Hall–Kier alpha value is -3.22. The van der Waals surface area contributed by atoms with Gasteiger partial charge in [-0.3, -0.25) is 0 Å². The maximum Gasteiger partial charge on any atom is 0.200 e. The smallest absolute Gasteiger partial charge is 0.200 e. The van der Waals surface area contributed by atoms with Crippen LogP contribution in [0.4, 0.5) is 0 Å². The van der Waals surface area contributed by atoms with Crippen molar-refractivity contribution < 1.29 is 20.4 Å². The van der Waals surface area contributed by atoms with Crippen molar-refractivity contribution in [2.24, 2.45) is 0 Å². The molecular weight excluding hydrogens is 274 g/mol. The van der Waals surface area contributed by atoms with Gasteiger partial charge in [0.05, 0.1) is 0 Å². The fraction of sp³-hybridized carbons (Fsp3) is 0. The van der Waals surface area contributed by atoms with Crippen LogP contribution in [-0.4, -0.2) is 35.8 Å². The molecule has 0 bridgehead atoms. The predicted molar refractivity (Wildman–Crippen MR) is 73.9 cm³/mol. The number of aromatic hydroxyl groups is 4. The van der Waals surface area contributed by atoms with Crippen molar-refractivity contribution in [1.29, 1.82) is 0 Å². The SMILES string of the molecule is Oc1ccc(-c2n[nH]nc2-c2cc(O)c(O)c(O)c2)cc1. The molecule has 5 N–H and O–H groups in total. The quantitative estimate of drug-likeness (QED) is 0.459. The van der Waals surface area contributed by atoms with Gasteiger partial charge in [0.15, 0.2) is 17.2 Å². The molecule has 3 rings (SSSR count). The number of aromatic nitrogens is 3. The minimum absolute atomic E-state index is 0.128. The van der Waals surface area contributed by atoms with Crippen molar-refractivity contribution in [2.75, 3.05) is 0 Å². The summed E-state index contributed by atoms with van der Waals surface area (Å²) in [4.78, 5) is 0. The van der Waals surface area contributed by atoms with Crippen LogP contribution in [-0.2, 0) is 0 Å². The Kier molecular flexibility index (Phi) is 2.87. The molecule has 0 amide bonds. The number of H-pyrrole nitrogens is 1. The number of nitrogens with zero attached hydrogens (tertiary/aromatic N) is 2. The van der Waals surface area contributed by atoms with E-state index in [0.717, 1.165) is 0 Å². The number of nitrogens with one attached hydrogen (secondary N) is 1. The summed E-state index contributed by atoms with van der Waals surface area (Å²) in [5.41, 5.74) is 1.97. The molecule has 0 unspecified atom stereocenters. The molecule has 21 heavy (non-hydrogen) atoms. The first-order valence-electron chi connectivity index (χ1n) is 6.01. The Morgan fingerprint density at radius 3 is 1.81 bits per heavy atom. The molecular formula is C14H11N3O4. The third kappa shape index (κ3) is 2.20. The van der Waals surface area contributed by atoms with Crippen LogP contribution in [0.5, 0.6) is 23.0 Å². The summed E-state index contributed by atoms with van der Waals surface area (Å²) in [5.74, 6) is -1.37. The molecule has 0 saturated carbocycles. The molecule has 0 aliphatic carbocycles. The lowest BCUT2D eigenvalue weighted by atomic mass is 10.0. The Morgan fingerprint density at radius 2 is 1.24 bits per heavy atom. The first kappa shape index (κ1) is 12.8. The molecule has 7 nitrogen and oxygen atoms in total. The van der Waals surface area contributed by atoms with Gasteiger partial charge in [-0.2, -0.15) is 15.4 Å². The molecule has 0 radical (unpaired) electrons. The lowest BCUT2D eigenvalue weighted by molar-refractivity contribution is 0.368. The van der Waals surface area contributed by atoms with Gasteiger partial charge in [-0.05, 0) is 36.4 Å². The third-order valence-electron chi connectivity index (χ3n) is 3.03. The number of hydrogen-bond acceptors (Lipinski definition) is 6. The van der Waals surface area contributed by atoms with Gasteiger partial charge in [-0.15, -0.1) is 0 Å². The molecule has 2 aromatic carbocycles. The first-order valence-corrected chi connectivity index (χ1v) is 6.01. The zero-order chi connectivity index (χ0) is 15.0. The highest BCUT2D eigenvalue weighted by Crippen LogP contribution is 2.40. The highest BCUT2D eigenvalue weighted by molar-refractivity contribution is 5.79. The van der Waals surface area contributed by atoms with Gasteiger partial charge in [-0.25, -0.2) is 0 Å². The zero-order valence-electron chi connectivity index (χ0n) is 10.6. The fourth-order valence-corrected chi connectivity index (χ4v) is 1.99. The molecule has 0 saturated heterocycles. The summed E-state index contributed by atoms with van der Waals surface area (Å²) < 4.78 is 0. The van der Waals surface area contributed by atoms with Crippen molar-refractivity contribution >= 4 is 0 Å². The van der Waals surface area contributed by atoms with Gasteiger partial charge in [0.1, 0.15) is 17.1 Å². The van der Waals surface area contributed by atoms with Gasteiger partial charge >= 0.3 is 0 Å². The van der Waals surface area contributed by atoms with Crippen LogP contribution in [0.15, 0.2) is 36.4 Å². The second kappa shape index (κ2) is 4.71. The van der Waals surface area contributed by atoms with Crippen LogP contribution >= 0.6 is 0 Å². The second-order valence-electron chi connectivity index (χ2n) is 4.43. The minimum Gasteiger partial charge on any atom is -0.508 e. The summed E-state index contributed by atoms with van der Waals surface area (Å²) in [7, 11) is 0. The van der Waals surface area contributed by atoms with Crippen LogP contribution in [0.25, 0.3) is 22.5 Å². The van der Waals surface area contributed by atoms with Gasteiger partial charge in [-0.1, -0.05) is 0 Å². The second-order valence-corrected chi connectivity index (χ2v) is 4.43. The van der Waals surface area contributed by atoms with E-state index < -0.39 is 17.2 Å². The maximum absolute atomic E-state index is 9.58. The molecule has 1 heterocycles. The van der Waals surface area contributed by atoms with Gasteiger partial charge < -0.3 is 20.4 Å². The molecule has 106 valence electrons. The Morgan fingerprint density at radius 1 is 0.714 bits per heavy atom. The van der Waals surface area contributed by atoms with E-state index in [1.54, 1.807) is 12.1 Å². The lowest BCUT2D eigenvalue weighted by Gasteiger charge is -2.05. The maximum atomic E-state index is 9.58. The Bertz CT molecular complexity index is 773. The molecule has 0 spiro atoms. The van der Waals surface area contributed by atoms with E-state index in [1.165, 1.54) is 24.3 Å². The van der Waals surface area contributed by atoms with Crippen molar-refractivity contribution in [3.63, 3.8) is 0 Å². The first-order chi connectivity index (χ1) is 10.1. The van der Waals surface area contributed by atoms with E-state index in [-0.39, 0.29) is 5.75 Å². The topological polar surface area (TPSA) is 122 Å². The standard InChI is InChI=1S/C14H11N3O4/c18-9-3-1-7(2-4-9)12-13(16-17-15-12)8-5-10(19)14(21)11(20)6-8/h1-6,18-21H,(H,15,16,17). The summed E-state index contributed by atoms with van der Waals surface area (Å²) in [6.45, 7) is 0. The molecule has 3 aromatic rings. The monoisotopic (exact) mass is 285 g/mol. The Balaban J connectivity index is 2.13. The Labute approximate surface area is 118 Å². The van der Waals surface area contributed by atoms with E-state index in [0.29, 0.717) is 22.5 Å². The number of rotatable bonds is 2. The lowest BCUT2D eigenvalue weighted by Crippen LogP contribution is -1.85. The van der Waals surface area contributed by atoms with E-state index in [1.807, 2.05) is 0 Å². The number of aromatic amines is 1. The average Bonchev–Trinajstić information content (AvgIpc) is 2.94. The van der Waals surface area contributed by atoms with Crippen LogP contribution in [0.3, 0.4) is 0 Å². The highest BCUT2D eigenvalue weighted by Gasteiger charge is 2.16. The molecule has 0 aliphatic rings. The van der Waals surface area contributed by atoms with Gasteiger partial charge in [0.25, 0.3) is 0 Å². The van der Waals surface area contributed by atoms with E-state index in [2.05, 4.69) is 15.4 Å². The summed E-state index contributed by atoms with van der Waals surface area (Å²) in [6, 6.07) is 8.90. The van der Waals surface area contributed by atoms with Crippen LogP contribution < -0.4 is 0 Å². The van der Waals surface area contributed by atoms with E-state index in [9.17, 15) is 20.4 Å². The molecule has 0 atom stereocenters. The summed E-state index contributed by atoms with van der Waals surface area (Å²) in [6.07, 6.45) is 0. The predicted octanol–water partition coefficient (Wildman–Crippen LogP) is 1.96. The number of phenols is 4. The number of hydrogen-bond donors (Lipinski definition) is 5. The van der Waals surface area contributed by atoms with Gasteiger partial charge in [0.2, 0.25) is 0 Å². The summed E-state index contributed by atoms with van der Waals surface area (Å²) in [5, 5.41) is 48.3. The van der Waals surface area contributed by atoms with Crippen LogP contribution in [0, 0.1) is 0 Å². The van der Waals surface area contributed by atoms with Crippen molar-refractivity contribution in [1.82, 2.24) is 15.4 Å². The van der Waals surface area contributed by atoms with E-state index >= 15 is 0 Å². The third-order valence-corrected chi connectivity index (χ3v) is 3.03. The largest absolute Gasteiger partial charge is 0.508 e. The summed E-state index contributed by atoms with van der Waals surface area (Å²) >= 11 is 0. The zero-order valence-corrected chi connectivity index (χ0v) is 10.6. The molecule has 7 heteroatoms. The van der Waals surface area contributed by atoms with Gasteiger partial charge in [0, 0.05) is 11.1 Å². The fourth-order valence-electron chi connectivity index (χ4n) is 1.99. The van der Waals surface area contributed by atoms with Crippen molar-refractivity contribution in [2.45, 2.75) is 0 Å².